The lowest BCUT2D eigenvalue weighted by Gasteiger charge is -2.02. The molecule has 7 heteroatoms. The Morgan fingerprint density at radius 3 is 2.59 bits per heavy atom. The van der Waals surface area contributed by atoms with Crippen molar-refractivity contribution in [3.63, 3.8) is 0 Å². The Bertz CT molecular complexity index is 824. The molecule has 1 amide bonds. The van der Waals surface area contributed by atoms with Crippen LogP contribution in [-0.4, -0.2) is 25.7 Å². The van der Waals surface area contributed by atoms with Crippen LogP contribution in [0.2, 0.25) is 0 Å². The van der Waals surface area contributed by atoms with Crippen LogP contribution in [0.15, 0.2) is 59.7 Å². The van der Waals surface area contributed by atoms with Crippen LogP contribution >= 0.6 is 0 Å². The molecule has 0 saturated carbocycles. The molecule has 0 aliphatic rings. The van der Waals surface area contributed by atoms with E-state index in [1.807, 2.05) is 6.07 Å². The van der Waals surface area contributed by atoms with Crippen molar-refractivity contribution < 1.29 is 4.79 Å². The van der Waals surface area contributed by atoms with Crippen LogP contribution < -0.4 is 11.0 Å². The molecule has 0 saturated heterocycles. The maximum absolute atomic E-state index is 12.0. The van der Waals surface area contributed by atoms with Gasteiger partial charge in [-0.2, -0.15) is 4.68 Å². The van der Waals surface area contributed by atoms with Gasteiger partial charge in [0.05, 0.1) is 5.69 Å². The number of nitrogens with zero attached hydrogens (tertiary/aromatic N) is 3. The first-order valence-corrected chi connectivity index (χ1v) is 6.66. The van der Waals surface area contributed by atoms with E-state index in [2.05, 4.69) is 20.4 Å². The zero-order chi connectivity index (χ0) is 15.4. The lowest BCUT2D eigenvalue weighted by Crippen LogP contribution is -2.24. The molecule has 0 aliphatic heterocycles. The van der Waals surface area contributed by atoms with E-state index in [-0.39, 0.29) is 5.82 Å². The summed E-state index contributed by atoms with van der Waals surface area (Å²) in [6, 6.07) is 12.5. The second-order valence-electron chi connectivity index (χ2n) is 4.56. The molecule has 0 atom stereocenters. The average molecular weight is 295 g/mol. The summed E-state index contributed by atoms with van der Waals surface area (Å²) in [5.74, 6) is -0.466. The van der Waals surface area contributed by atoms with Crippen LogP contribution in [0, 0.1) is 0 Å². The minimum atomic E-state index is -0.458. The third-order valence-corrected chi connectivity index (χ3v) is 3.04. The van der Waals surface area contributed by atoms with Crippen LogP contribution in [0.4, 0.5) is 0 Å². The van der Waals surface area contributed by atoms with Gasteiger partial charge < -0.3 is 5.32 Å². The molecule has 1 aromatic carbocycles. The van der Waals surface area contributed by atoms with Crippen LogP contribution in [0.25, 0.3) is 5.69 Å². The number of carbonyl (C=O) groups excluding carboxylic acids is 1. The first-order chi connectivity index (χ1) is 10.7. The SMILES string of the molecule is O=C(NCc1ccncc1)c1nn(-c2ccccc2)c(=O)[nH]1. The van der Waals surface area contributed by atoms with E-state index < -0.39 is 11.6 Å². The normalized spacial score (nSPS) is 10.4. The summed E-state index contributed by atoms with van der Waals surface area (Å²) in [6.07, 6.45) is 3.29. The smallest absolute Gasteiger partial charge is 0.345 e. The summed E-state index contributed by atoms with van der Waals surface area (Å²) in [7, 11) is 0. The molecule has 0 bridgehead atoms. The molecule has 7 nitrogen and oxygen atoms in total. The number of benzene rings is 1. The largest absolute Gasteiger partial charge is 0.348 e. The Morgan fingerprint density at radius 2 is 1.86 bits per heavy atom. The molecule has 3 rings (SSSR count). The minimum Gasteiger partial charge on any atom is -0.345 e. The Balaban J connectivity index is 1.75. The summed E-state index contributed by atoms with van der Waals surface area (Å²) in [4.78, 5) is 30.3. The van der Waals surface area contributed by atoms with Gasteiger partial charge in [-0.15, -0.1) is 5.10 Å². The van der Waals surface area contributed by atoms with Gasteiger partial charge in [0, 0.05) is 18.9 Å². The van der Waals surface area contributed by atoms with Crippen molar-refractivity contribution in [2.24, 2.45) is 0 Å². The number of H-pyrrole nitrogens is 1. The van der Waals surface area contributed by atoms with Crippen molar-refractivity contribution in [3.05, 3.63) is 76.7 Å². The fourth-order valence-corrected chi connectivity index (χ4v) is 1.94. The molecular formula is C15H13N5O2. The number of rotatable bonds is 4. The highest BCUT2D eigenvalue weighted by Crippen LogP contribution is 2.02. The first-order valence-electron chi connectivity index (χ1n) is 6.66. The molecule has 3 aromatic rings. The first kappa shape index (κ1) is 13.7. The zero-order valence-corrected chi connectivity index (χ0v) is 11.6. The van der Waals surface area contributed by atoms with Crippen LogP contribution in [0.1, 0.15) is 16.2 Å². The van der Waals surface area contributed by atoms with Crippen molar-refractivity contribution in [1.29, 1.82) is 0 Å². The molecule has 0 radical (unpaired) electrons. The molecule has 2 aromatic heterocycles. The molecule has 2 heterocycles. The monoisotopic (exact) mass is 295 g/mol. The van der Waals surface area contributed by atoms with Crippen molar-refractivity contribution in [3.8, 4) is 5.69 Å². The van der Waals surface area contributed by atoms with Gasteiger partial charge in [-0.05, 0) is 29.8 Å². The second kappa shape index (κ2) is 6.04. The number of hydrogen-bond donors (Lipinski definition) is 2. The number of carbonyl (C=O) groups is 1. The van der Waals surface area contributed by atoms with E-state index >= 15 is 0 Å². The van der Waals surface area contributed by atoms with Gasteiger partial charge in [-0.1, -0.05) is 18.2 Å². The quantitative estimate of drug-likeness (QED) is 0.747. The van der Waals surface area contributed by atoms with E-state index in [1.165, 1.54) is 0 Å². The highest BCUT2D eigenvalue weighted by atomic mass is 16.2. The van der Waals surface area contributed by atoms with Gasteiger partial charge in [0.2, 0.25) is 5.82 Å². The summed E-state index contributed by atoms with van der Waals surface area (Å²) >= 11 is 0. The molecule has 0 fully saturated rings. The summed E-state index contributed by atoms with van der Waals surface area (Å²) in [5, 5.41) is 6.71. The van der Waals surface area contributed by atoms with E-state index in [9.17, 15) is 9.59 Å². The number of aromatic amines is 1. The topological polar surface area (TPSA) is 92.7 Å². The highest BCUT2D eigenvalue weighted by molar-refractivity contribution is 5.90. The fourth-order valence-electron chi connectivity index (χ4n) is 1.94. The average Bonchev–Trinajstić information content (AvgIpc) is 2.96. The van der Waals surface area contributed by atoms with Gasteiger partial charge in [0.1, 0.15) is 0 Å². The molecular weight excluding hydrogens is 282 g/mol. The number of amides is 1. The minimum absolute atomic E-state index is 0.0251. The number of para-hydroxylation sites is 1. The number of aromatic nitrogens is 4. The van der Waals surface area contributed by atoms with Crippen LogP contribution in [-0.2, 0) is 6.54 Å². The van der Waals surface area contributed by atoms with Crippen molar-refractivity contribution in [2.75, 3.05) is 0 Å². The molecule has 110 valence electrons. The number of pyridine rings is 1. The Hall–Kier alpha value is -3.22. The fraction of sp³-hybridized carbons (Fsp3) is 0.0667. The summed E-state index contributed by atoms with van der Waals surface area (Å²) < 4.78 is 1.15. The van der Waals surface area contributed by atoms with E-state index in [1.54, 1.807) is 48.8 Å². The lowest BCUT2D eigenvalue weighted by molar-refractivity contribution is 0.0940. The van der Waals surface area contributed by atoms with E-state index in [0.717, 1.165) is 10.2 Å². The molecule has 2 N–H and O–H groups in total. The predicted molar refractivity (Wildman–Crippen MR) is 79.6 cm³/mol. The molecule has 22 heavy (non-hydrogen) atoms. The van der Waals surface area contributed by atoms with Gasteiger partial charge in [-0.3, -0.25) is 14.8 Å². The van der Waals surface area contributed by atoms with E-state index in [0.29, 0.717) is 12.2 Å². The Morgan fingerprint density at radius 1 is 1.14 bits per heavy atom. The van der Waals surface area contributed by atoms with Crippen molar-refractivity contribution in [1.82, 2.24) is 25.1 Å². The van der Waals surface area contributed by atoms with Crippen LogP contribution in [0.3, 0.4) is 0 Å². The predicted octanol–water partition coefficient (Wildman–Crippen LogP) is 0.886. The standard InChI is InChI=1S/C15H13N5O2/c21-14(17-10-11-6-8-16-9-7-11)13-18-15(22)20(19-13)12-4-2-1-3-5-12/h1-9H,10H2,(H,17,21)(H,18,19,22). The maximum Gasteiger partial charge on any atom is 0.348 e. The highest BCUT2D eigenvalue weighted by Gasteiger charge is 2.13. The van der Waals surface area contributed by atoms with Gasteiger partial charge in [0.25, 0.3) is 5.91 Å². The van der Waals surface area contributed by atoms with Gasteiger partial charge >= 0.3 is 5.69 Å². The van der Waals surface area contributed by atoms with Crippen molar-refractivity contribution in [2.45, 2.75) is 6.54 Å². The Labute approximate surface area is 125 Å². The van der Waals surface area contributed by atoms with Gasteiger partial charge in [-0.25, -0.2) is 4.79 Å². The van der Waals surface area contributed by atoms with E-state index in [4.69, 9.17) is 0 Å². The summed E-state index contributed by atoms with van der Waals surface area (Å²) in [5.41, 5.74) is 1.05. The van der Waals surface area contributed by atoms with Gasteiger partial charge in [0.15, 0.2) is 0 Å². The number of hydrogen-bond acceptors (Lipinski definition) is 4. The third kappa shape index (κ3) is 2.93. The van der Waals surface area contributed by atoms with Crippen molar-refractivity contribution >= 4 is 5.91 Å². The third-order valence-electron chi connectivity index (χ3n) is 3.04. The lowest BCUT2D eigenvalue weighted by atomic mass is 10.3. The molecule has 0 unspecified atom stereocenters. The zero-order valence-electron chi connectivity index (χ0n) is 11.6. The number of nitrogens with one attached hydrogen (secondary N) is 2. The molecule has 0 spiro atoms. The maximum atomic E-state index is 12.0. The second-order valence-corrected chi connectivity index (χ2v) is 4.56. The molecule has 0 aliphatic carbocycles. The Kier molecular flexibility index (Phi) is 3.78. The summed E-state index contributed by atoms with van der Waals surface area (Å²) in [6.45, 7) is 0.335. The van der Waals surface area contributed by atoms with Crippen LogP contribution in [0.5, 0.6) is 0 Å².